The van der Waals surface area contributed by atoms with E-state index in [9.17, 15) is 0 Å². The molecule has 2 bridgehead atoms. The van der Waals surface area contributed by atoms with Crippen molar-refractivity contribution in [2.24, 2.45) is 11.8 Å². The Kier molecular flexibility index (Phi) is 3.63. The van der Waals surface area contributed by atoms with Crippen LogP contribution in [-0.2, 0) is 4.74 Å². The molecule has 0 amide bonds. The van der Waals surface area contributed by atoms with E-state index in [2.05, 4.69) is 13.0 Å². The van der Waals surface area contributed by atoms with Crippen LogP contribution in [0.4, 0.5) is 0 Å². The average molecular weight is 194 g/mol. The maximum absolute atomic E-state index is 5.57. The molecule has 0 aromatic rings. The van der Waals surface area contributed by atoms with E-state index in [0.29, 0.717) is 0 Å². The molecule has 0 aromatic heterocycles. The van der Waals surface area contributed by atoms with Crippen LogP contribution in [0.25, 0.3) is 0 Å². The molecule has 0 heterocycles. The molecule has 0 N–H and O–H groups in total. The van der Waals surface area contributed by atoms with Crippen LogP contribution in [-0.4, -0.2) is 13.2 Å². The Labute approximate surface area is 87.5 Å². The molecular formula is C13H22O. The van der Waals surface area contributed by atoms with Crippen molar-refractivity contribution < 1.29 is 4.74 Å². The van der Waals surface area contributed by atoms with Crippen molar-refractivity contribution in [3.63, 3.8) is 0 Å². The van der Waals surface area contributed by atoms with Gasteiger partial charge < -0.3 is 4.74 Å². The first-order valence-corrected chi connectivity index (χ1v) is 6.16. The second kappa shape index (κ2) is 4.97. The van der Waals surface area contributed by atoms with Crippen LogP contribution < -0.4 is 0 Å². The Hall–Kier alpha value is -0.300. The van der Waals surface area contributed by atoms with Crippen molar-refractivity contribution >= 4 is 0 Å². The predicted octanol–water partition coefficient (Wildman–Crippen LogP) is 3.55. The molecule has 80 valence electrons. The van der Waals surface area contributed by atoms with Gasteiger partial charge in [-0.05, 0) is 43.9 Å². The average Bonchev–Trinajstić information content (AvgIpc) is 2.79. The van der Waals surface area contributed by atoms with Crippen LogP contribution in [0.5, 0.6) is 0 Å². The largest absolute Gasteiger partial charge is 0.377 e. The summed E-state index contributed by atoms with van der Waals surface area (Å²) in [7, 11) is 0. The summed E-state index contributed by atoms with van der Waals surface area (Å²) in [6.07, 6.45) is 10.6. The van der Waals surface area contributed by atoms with Gasteiger partial charge in [-0.15, -0.1) is 0 Å². The summed E-state index contributed by atoms with van der Waals surface area (Å²) in [6.45, 7) is 4.00. The van der Waals surface area contributed by atoms with Gasteiger partial charge in [-0.3, -0.25) is 0 Å². The number of unbranched alkanes of at least 4 members (excludes halogenated alkanes) is 1. The monoisotopic (exact) mass is 194 g/mol. The standard InChI is InChI=1S/C13H22O/c1-2-3-7-14-8-6-13-10-11-4-5-12(13)9-11/h6,11-12H,2-5,7-10H2,1H3. The number of allylic oxidation sites excluding steroid dienone is 1. The highest BCUT2D eigenvalue weighted by molar-refractivity contribution is 5.16. The van der Waals surface area contributed by atoms with E-state index in [1.165, 1.54) is 38.5 Å². The predicted molar refractivity (Wildman–Crippen MR) is 59.3 cm³/mol. The summed E-state index contributed by atoms with van der Waals surface area (Å²) in [6, 6.07) is 0. The van der Waals surface area contributed by atoms with Gasteiger partial charge in [0.15, 0.2) is 0 Å². The van der Waals surface area contributed by atoms with Crippen molar-refractivity contribution in [1.82, 2.24) is 0 Å². The number of fused-ring (bicyclic) bond motifs is 2. The Bertz CT molecular complexity index is 207. The zero-order valence-electron chi connectivity index (χ0n) is 9.30. The Morgan fingerprint density at radius 3 is 3.00 bits per heavy atom. The van der Waals surface area contributed by atoms with Crippen molar-refractivity contribution in [2.45, 2.75) is 45.4 Å². The molecule has 1 heteroatoms. The molecule has 2 saturated carbocycles. The smallest absolute Gasteiger partial charge is 0.0650 e. The normalized spacial score (nSPS) is 33.1. The first-order chi connectivity index (χ1) is 6.90. The molecule has 2 atom stereocenters. The van der Waals surface area contributed by atoms with Gasteiger partial charge in [-0.25, -0.2) is 0 Å². The van der Waals surface area contributed by atoms with E-state index >= 15 is 0 Å². The summed E-state index contributed by atoms with van der Waals surface area (Å²) in [5.74, 6) is 1.97. The molecule has 2 fully saturated rings. The fraction of sp³-hybridized carbons (Fsp3) is 0.846. The fourth-order valence-electron chi connectivity index (χ4n) is 2.84. The molecule has 0 aromatic carbocycles. The van der Waals surface area contributed by atoms with Crippen LogP contribution in [0.2, 0.25) is 0 Å². The first-order valence-electron chi connectivity index (χ1n) is 6.16. The SMILES string of the molecule is CCCCOCC=C1CC2CCC1C2. The Balaban J connectivity index is 1.66. The molecule has 14 heavy (non-hydrogen) atoms. The number of rotatable bonds is 5. The minimum Gasteiger partial charge on any atom is -0.377 e. The van der Waals surface area contributed by atoms with Gasteiger partial charge in [-0.2, -0.15) is 0 Å². The van der Waals surface area contributed by atoms with Crippen LogP contribution in [0.1, 0.15) is 45.4 Å². The van der Waals surface area contributed by atoms with Gasteiger partial charge in [0.2, 0.25) is 0 Å². The summed E-state index contributed by atoms with van der Waals surface area (Å²) >= 11 is 0. The maximum atomic E-state index is 5.57. The van der Waals surface area contributed by atoms with Crippen molar-refractivity contribution in [3.8, 4) is 0 Å². The van der Waals surface area contributed by atoms with Gasteiger partial charge >= 0.3 is 0 Å². The number of hydrogen-bond acceptors (Lipinski definition) is 1. The zero-order chi connectivity index (χ0) is 9.80. The molecule has 2 aliphatic carbocycles. The lowest BCUT2D eigenvalue weighted by atomic mass is 9.95. The van der Waals surface area contributed by atoms with E-state index in [4.69, 9.17) is 4.74 Å². The van der Waals surface area contributed by atoms with Gasteiger partial charge in [0.05, 0.1) is 6.61 Å². The van der Waals surface area contributed by atoms with Gasteiger partial charge in [0.1, 0.15) is 0 Å². The Morgan fingerprint density at radius 2 is 2.36 bits per heavy atom. The second-order valence-electron chi connectivity index (χ2n) is 4.79. The minimum absolute atomic E-state index is 0.860. The summed E-state index contributed by atoms with van der Waals surface area (Å²) in [4.78, 5) is 0. The van der Waals surface area contributed by atoms with E-state index in [1.54, 1.807) is 5.57 Å². The molecule has 0 saturated heterocycles. The molecule has 0 aliphatic heterocycles. The molecular weight excluding hydrogens is 172 g/mol. The summed E-state index contributed by atoms with van der Waals surface area (Å²) < 4.78 is 5.57. The van der Waals surface area contributed by atoms with Crippen molar-refractivity contribution in [2.75, 3.05) is 13.2 Å². The third-order valence-electron chi connectivity index (χ3n) is 3.70. The molecule has 0 spiro atoms. The van der Waals surface area contributed by atoms with Crippen LogP contribution >= 0.6 is 0 Å². The van der Waals surface area contributed by atoms with Gasteiger partial charge in [0, 0.05) is 6.61 Å². The van der Waals surface area contributed by atoms with Crippen molar-refractivity contribution in [3.05, 3.63) is 11.6 Å². The highest BCUT2D eigenvalue weighted by Crippen LogP contribution is 2.47. The molecule has 2 rings (SSSR count). The first kappa shape index (κ1) is 10.2. The molecule has 0 radical (unpaired) electrons. The minimum atomic E-state index is 0.860. The number of ether oxygens (including phenoxy) is 1. The van der Waals surface area contributed by atoms with E-state index in [0.717, 1.165) is 25.0 Å². The van der Waals surface area contributed by atoms with Crippen LogP contribution in [0.3, 0.4) is 0 Å². The lowest BCUT2D eigenvalue weighted by Crippen LogP contribution is -2.01. The summed E-state index contributed by atoms with van der Waals surface area (Å²) in [5.41, 5.74) is 1.71. The Morgan fingerprint density at radius 1 is 1.43 bits per heavy atom. The van der Waals surface area contributed by atoms with E-state index in [1.807, 2.05) is 0 Å². The highest BCUT2D eigenvalue weighted by Gasteiger charge is 2.34. The molecule has 2 unspecified atom stereocenters. The molecule has 1 nitrogen and oxygen atoms in total. The third-order valence-corrected chi connectivity index (χ3v) is 3.70. The van der Waals surface area contributed by atoms with Gasteiger partial charge in [0.25, 0.3) is 0 Å². The third kappa shape index (κ3) is 2.38. The van der Waals surface area contributed by atoms with Gasteiger partial charge in [-0.1, -0.05) is 25.0 Å². The summed E-state index contributed by atoms with van der Waals surface area (Å²) in [5, 5.41) is 0. The topological polar surface area (TPSA) is 9.23 Å². The second-order valence-corrected chi connectivity index (χ2v) is 4.79. The quantitative estimate of drug-likeness (QED) is 0.480. The highest BCUT2D eigenvalue weighted by atomic mass is 16.5. The zero-order valence-corrected chi connectivity index (χ0v) is 9.30. The van der Waals surface area contributed by atoms with Crippen LogP contribution in [0, 0.1) is 11.8 Å². The van der Waals surface area contributed by atoms with Crippen molar-refractivity contribution in [1.29, 1.82) is 0 Å². The lowest BCUT2D eigenvalue weighted by molar-refractivity contribution is 0.158. The number of hydrogen-bond donors (Lipinski definition) is 0. The lowest BCUT2D eigenvalue weighted by Gasteiger charge is -2.12. The maximum Gasteiger partial charge on any atom is 0.0650 e. The van der Waals surface area contributed by atoms with E-state index < -0.39 is 0 Å². The fourth-order valence-corrected chi connectivity index (χ4v) is 2.84. The molecule has 2 aliphatic rings. The van der Waals surface area contributed by atoms with E-state index in [-0.39, 0.29) is 0 Å². The van der Waals surface area contributed by atoms with Crippen LogP contribution in [0.15, 0.2) is 11.6 Å².